The van der Waals surface area contributed by atoms with E-state index >= 15 is 0 Å². The molecule has 0 aliphatic carbocycles. The quantitative estimate of drug-likeness (QED) is 0.726. The SMILES string of the molecule is COC(CC=O)CNC(=O)c1ccccc1C=O. The number of rotatable bonds is 7. The standard InChI is InChI=1S/C13H15NO4/c1-18-11(6-7-15)8-14-13(17)12-5-3-2-4-10(12)9-16/h2-5,7,9,11H,6,8H2,1H3,(H,14,17). The van der Waals surface area contributed by atoms with Gasteiger partial charge in [0.25, 0.3) is 5.91 Å². The van der Waals surface area contributed by atoms with Crippen LogP contribution in [0.15, 0.2) is 24.3 Å². The van der Waals surface area contributed by atoms with Crippen molar-refractivity contribution in [3.8, 4) is 0 Å². The van der Waals surface area contributed by atoms with Crippen LogP contribution >= 0.6 is 0 Å². The molecule has 0 radical (unpaired) electrons. The molecule has 0 bridgehead atoms. The van der Waals surface area contributed by atoms with Crippen LogP contribution in [-0.2, 0) is 9.53 Å². The number of carbonyl (C=O) groups excluding carboxylic acids is 3. The van der Waals surface area contributed by atoms with E-state index < -0.39 is 0 Å². The van der Waals surface area contributed by atoms with Crippen molar-refractivity contribution in [2.24, 2.45) is 0 Å². The molecule has 5 heteroatoms. The van der Waals surface area contributed by atoms with Crippen molar-refractivity contribution < 1.29 is 19.1 Å². The van der Waals surface area contributed by atoms with Gasteiger partial charge in [0.1, 0.15) is 6.29 Å². The van der Waals surface area contributed by atoms with E-state index in [1.807, 2.05) is 0 Å². The number of hydrogen-bond acceptors (Lipinski definition) is 4. The Hall–Kier alpha value is -2.01. The summed E-state index contributed by atoms with van der Waals surface area (Å²) in [7, 11) is 1.47. The molecule has 0 heterocycles. The molecule has 0 aromatic heterocycles. The van der Waals surface area contributed by atoms with Crippen molar-refractivity contribution in [1.82, 2.24) is 5.32 Å². The summed E-state index contributed by atoms with van der Waals surface area (Å²) < 4.78 is 5.02. The van der Waals surface area contributed by atoms with Crippen molar-refractivity contribution in [3.63, 3.8) is 0 Å². The van der Waals surface area contributed by atoms with Gasteiger partial charge in [-0.25, -0.2) is 0 Å². The molecule has 5 nitrogen and oxygen atoms in total. The maximum absolute atomic E-state index is 11.8. The molecule has 1 N–H and O–H groups in total. The van der Waals surface area contributed by atoms with E-state index in [4.69, 9.17) is 4.74 Å². The van der Waals surface area contributed by atoms with E-state index in [0.29, 0.717) is 17.4 Å². The number of benzene rings is 1. The number of carbonyl (C=O) groups is 3. The first-order chi connectivity index (χ1) is 8.72. The van der Waals surface area contributed by atoms with E-state index in [2.05, 4.69) is 5.32 Å². The number of aldehydes is 2. The van der Waals surface area contributed by atoms with Crippen molar-refractivity contribution in [2.45, 2.75) is 12.5 Å². The molecule has 1 unspecified atom stereocenters. The van der Waals surface area contributed by atoms with Crippen molar-refractivity contribution in [3.05, 3.63) is 35.4 Å². The number of hydrogen-bond donors (Lipinski definition) is 1. The summed E-state index contributed by atoms with van der Waals surface area (Å²) in [6.45, 7) is 0.223. The lowest BCUT2D eigenvalue weighted by atomic mass is 10.1. The van der Waals surface area contributed by atoms with E-state index in [1.165, 1.54) is 7.11 Å². The summed E-state index contributed by atoms with van der Waals surface area (Å²) in [5.41, 5.74) is 0.646. The highest BCUT2D eigenvalue weighted by atomic mass is 16.5. The monoisotopic (exact) mass is 249 g/mol. The fourth-order valence-electron chi connectivity index (χ4n) is 1.48. The number of nitrogens with one attached hydrogen (secondary N) is 1. The number of amides is 1. The van der Waals surface area contributed by atoms with Gasteiger partial charge in [0.2, 0.25) is 0 Å². The van der Waals surface area contributed by atoms with Crippen molar-refractivity contribution in [2.75, 3.05) is 13.7 Å². The molecule has 0 fully saturated rings. The highest BCUT2D eigenvalue weighted by Crippen LogP contribution is 2.06. The molecule has 1 atom stereocenters. The van der Waals surface area contributed by atoms with Crippen LogP contribution in [-0.4, -0.2) is 38.2 Å². The molecule has 1 amide bonds. The van der Waals surface area contributed by atoms with Gasteiger partial charge in [0, 0.05) is 31.2 Å². The second kappa shape index (κ2) is 7.34. The molecule has 0 saturated heterocycles. The van der Waals surface area contributed by atoms with Gasteiger partial charge in [-0.05, 0) is 6.07 Å². The first kappa shape index (κ1) is 14.1. The molecule has 0 aliphatic rings. The maximum atomic E-state index is 11.8. The molecule has 96 valence electrons. The maximum Gasteiger partial charge on any atom is 0.252 e. The fourth-order valence-corrected chi connectivity index (χ4v) is 1.48. The Morgan fingerprint density at radius 2 is 2.11 bits per heavy atom. The highest BCUT2D eigenvalue weighted by Gasteiger charge is 2.12. The molecule has 0 aliphatic heterocycles. The van der Waals surface area contributed by atoms with Crippen LogP contribution < -0.4 is 5.32 Å². The molecular weight excluding hydrogens is 234 g/mol. The summed E-state index contributed by atoms with van der Waals surface area (Å²) in [5.74, 6) is -0.356. The molecule has 0 spiro atoms. The first-order valence-corrected chi connectivity index (χ1v) is 5.51. The van der Waals surface area contributed by atoms with Gasteiger partial charge in [-0.2, -0.15) is 0 Å². The van der Waals surface area contributed by atoms with Crippen molar-refractivity contribution in [1.29, 1.82) is 0 Å². The second-order valence-corrected chi connectivity index (χ2v) is 3.68. The van der Waals surface area contributed by atoms with Gasteiger partial charge in [0.05, 0.1) is 6.10 Å². The molecule has 1 aromatic carbocycles. The third kappa shape index (κ3) is 3.78. The lowest BCUT2D eigenvalue weighted by Gasteiger charge is -2.13. The molecule has 1 rings (SSSR count). The van der Waals surface area contributed by atoms with Crippen LogP contribution in [0.25, 0.3) is 0 Å². The minimum absolute atomic E-state index is 0.214. The molecular formula is C13H15NO4. The third-order valence-electron chi connectivity index (χ3n) is 2.52. The molecule has 0 saturated carbocycles. The van der Waals surface area contributed by atoms with Gasteiger partial charge in [-0.3, -0.25) is 9.59 Å². The summed E-state index contributed by atoms with van der Waals surface area (Å²) in [6.07, 6.45) is 1.23. The van der Waals surface area contributed by atoms with Crippen LogP contribution in [0.1, 0.15) is 27.1 Å². The summed E-state index contributed by atoms with van der Waals surface area (Å²) >= 11 is 0. The van der Waals surface area contributed by atoms with E-state index in [-0.39, 0.29) is 25.0 Å². The Balaban J connectivity index is 2.65. The van der Waals surface area contributed by atoms with Crippen LogP contribution in [0.3, 0.4) is 0 Å². The largest absolute Gasteiger partial charge is 0.379 e. The lowest BCUT2D eigenvalue weighted by Crippen LogP contribution is -2.33. The van der Waals surface area contributed by atoms with E-state index in [9.17, 15) is 14.4 Å². The number of methoxy groups -OCH3 is 1. The summed E-state index contributed by atoms with van der Waals surface area (Å²) in [6, 6.07) is 6.51. The third-order valence-corrected chi connectivity index (χ3v) is 2.52. The Morgan fingerprint density at radius 3 is 2.72 bits per heavy atom. The zero-order valence-electron chi connectivity index (χ0n) is 10.1. The Kier molecular flexibility index (Phi) is 5.73. The minimum atomic E-state index is -0.356. The van der Waals surface area contributed by atoms with Gasteiger partial charge in [-0.1, -0.05) is 18.2 Å². The predicted molar refractivity (Wildman–Crippen MR) is 65.6 cm³/mol. The zero-order chi connectivity index (χ0) is 13.4. The lowest BCUT2D eigenvalue weighted by molar-refractivity contribution is -0.109. The second-order valence-electron chi connectivity index (χ2n) is 3.68. The summed E-state index contributed by atoms with van der Waals surface area (Å²) in [5, 5.41) is 2.63. The van der Waals surface area contributed by atoms with Gasteiger partial charge in [-0.15, -0.1) is 0 Å². The zero-order valence-corrected chi connectivity index (χ0v) is 10.1. The average molecular weight is 249 g/mol. The van der Waals surface area contributed by atoms with Gasteiger partial charge >= 0.3 is 0 Å². The Morgan fingerprint density at radius 1 is 1.39 bits per heavy atom. The van der Waals surface area contributed by atoms with Gasteiger partial charge < -0.3 is 14.8 Å². The van der Waals surface area contributed by atoms with E-state index in [0.717, 1.165) is 6.29 Å². The van der Waals surface area contributed by atoms with Crippen LogP contribution in [0.4, 0.5) is 0 Å². The van der Waals surface area contributed by atoms with Gasteiger partial charge in [0.15, 0.2) is 6.29 Å². The normalized spacial score (nSPS) is 11.6. The predicted octanol–water partition coefficient (Wildman–Crippen LogP) is 0.833. The Labute approximate surface area is 105 Å². The van der Waals surface area contributed by atoms with Crippen LogP contribution in [0.5, 0.6) is 0 Å². The number of ether oxygens (including phenoxy) is 1. The summed E-state index contributed by atoms with van der Waals surface area (Å²) in [4.78, 5) is 33.0. The Bertz CT molecular complexity index is 431. The molecule has 1 aromatic rings. The average Bonchev–Trinajstić information content (AvgIpc) is 2.42. The smallest absolute Gasteiger partial charge is 0.252 e. The minimum Gasteiger partial charge on any atom is -0.379 e. The van der Waals surface area contributed by atoms with Crippen LogP contribution in [0.2, 0.25) is 0 Å². The fraction of sp³-hybridized carbons (Fsp3) is 0.308. The van der Waals surface area contributed by atoms with Crippen molar-refractivity contribution >= 4 is 18.5 Å². The topological polar surface area (TPSA) is 72.5 Å². The first-order valence-electron chi connectivity index (χ1n) is 5.51. The molecule has 18 heavy (non-hydrogen) atoms. The highest BCUT2D eigenvalue weighted by molar-refractivity contribution is 6.01. The van der Waals surface area contributed by atoms with E-state index in [1.54, 1.807) is 24.3 Å². The van der Waals surface area contributed by atoms with Crippen LogP contribution in [0, 0.1) is 0 Å².